The van der Waals surface area contributed by atoms with Crippen LogP contribution in [0, 0.1) is 13.8 Å². The van der Waals surface area contributed by atoms with Crippen molar-refractivity contribution in [1.29, 1.82) is 0 Å². The lowest BCUT2D eigenvalue weighted by molar-refractivity contribution is -0.139. The van der Waals surface area contributed by atoms with E-state index in [-0.39, 0.29) is 28.1 Å². The van der Waals surface area contributed by atoms with Crippen LogP contribution in [0.2, 0.25) is 5.02 Å². The van der Waals surface area contributed by atoms with Crippen LogP contribution in [0.1, 0.15) is 18.1 Å². The number of aryl methyl sites for hydroxylation is 2. The van der Waals surface area contributed by atoms with Gasteiger partial charge in [-0.05, 0) is 50.6 Å². The molecule has 0 bridgehead atoms. The summed E-state index contributed by atoms with van der Waals surface area (Å²) in [5.74, 6) is -0.814. The molecule has 2 N–H and O–H groups in total. The van der Waals surface area contributed by atoms with Gasteiger partial charge in [-0.2, -0.15) is 4.68 Å². The molecule has 3 rings (SSSR count). The number of thioether (sulfide) groups is 1. The molecule has 2 aromatic carbocycles. The van der Waals surface area contributed by atoms with Crippen LogP contribution in [0.5, 0.6) is 0 Å². The second-order valence-electron chi connectivity index (χ2n) is 6.77. The molecule has 1 heterocycles. The summed E-state index contributed by atoms with van der Waals surface area (Å²) in [5, 5.41) is 4.39. The predicted octanol–water partition coefficient (Wildman–Crippen LogP) is 3.29. The van der Waals surface area contributed by atoms with Crippen molar-refractivity contribution in [3.8, 4) is 5.69 Å². The van der Waals surface area contributed by atoms with Gasteiger partial charge < -0.3 is 4.74 Å². The first-order valence-corrected chi connectivity index (χ1v) is 12.3. The Labute approximate surface area is 194 Å². The van der Waals surface area contributed by atoms with E-state index in [9.17, 15) is 18.0 Å². The lowest BCUT2D eigenvalue weighted by atomic mass is 10.2. The van der Waals surface area contributed by atoms with Gasteiger partial charge in [0.15, 0.2) is 0 Å². The number of nitrogens with zero attached hydrogens (tertiary/aromatic N) is 2. The van der Waals surface area contributed by atoms with E-state index >= 15 is 0 Å². The number of halogens is 1. The molecule has 0 atom stereocenters. The zero-order valence-electron chi connectivity index (χ0n) is 17.5. The van der Waals surface area contributed by atoms with Crippen molar-refractivity contribution in [1.82, 2.24) is 14.8 Å². The topological polar surface area (TPSA) is 123 Å². The number of carbonyl (C=O) groups excluding carboxylic acids is 1. The first-order valence-electron chi connectivity index (χ1n) is 9.48. The number of carbonyl (C=O) groups is 1. The van der Waals surface area contributed by atoms with Crippen LogP contribution < -0.4 is 10.4 Å². The molecule has 0 amide bonds. The fourth-order valence-electron chi connectivity index (χ4n) is 2.71. The van der Waals surface area contributed by atoms with Gasteiger partial charge in [0.05, 0.1) is 18.0 Å². The van der Waals surface area contributed by atoms with Gasteiger partial charge in [-0.25, -0.2) is 17.9 Å². The molecule has 0 saturated carbocycles. The Hall–Kier alpha value is -2.76. The molecule has 0 aliphatic heterocycles. The van der Waals surface area contributed by atoms with Gasteiger partial charge in [0.1, 0.15) is 4.90 Å². The monoisotopic (exact) mass is 496 g/mol. The fraction of sp³-hybridized carbons (Fsp3) is 0.250. The third-order valence-electron chi connectivity index (χ3n) is 4.29. The number of hydrogen-bond acceptors (Lipinski definition) is 7. The van der Waals surface area contributed by atoms with Crippen molar-refractivity contribution in [2.75, 3.05) is 17.1 Å². The van der Waals surface area contributed by atoms with Crippen LogP contribution in [0.25, 0.3) is 5.69 Å². The van der Waals surface area contributed by atoms with E-state index in [2.05, 4.69) is 14.8 Å². The highest BCUT2D eigenvalue weighted by atomic mass is 35.5. The second-order valence-corrected chi connectivity index (χ2v) is 9.85. The molecule has 0 spiro atoms. The van der Waals surface area contributed by atoms with Crippen LogP contribution >= 0.6 is 23.4 Å². The van der Waals surface area contributed by atoms with Crippen molar-refractivity contribution < 1.29 is 17.9 Å². The Kier molecular flexibility index (Phi) is 7.32. The number of aromatic nitrogens is 3. The summed E-state index contributed by atoms with van der Waals surface area (Å²) in [7, 11) is -4.16. The quantitative estimate of drug-likeness (QED) is 0.362. The van der Waals surface area contributed by atoms with Gasteiger partial charge in [-0.15, -0.1) is 16.9 Å². The Balaban J connectivity index is 1.92. The molecule has 0 unspecified atom stereocenters. The Morgan fingerprint density at radius 2 is 1.94 bits per heavy atom. The Bertz CT molecular complexity index is 1300. The summed E-state index contributed by atoms with van der Waals surface area (Å²) in [6.07, 6.45) is 0. The lowest BCUT2D eigenvalue weighted by Gasteiger charge is -2.12. The number of rotatable bonds is 8. The minimum absolute atomic E-state index is 0.0887. The SMILES string of the molecule is CCOC(=O)CSc1cc(Cl)c(C)cc1S(=O)(=O)Nc1nn(-c2ccc(C)cc2)c(=O)[nH]1. The van der Waals surface area contributed by atoms with E-state index in [1.807, 2.05) is 19.1 Å². The summed E-state index contributed by atoms with van der Waals surface area (Å²) < 4.78 is 34.4. The van der Waals surface area contributed by atoms with Gasteiger partial charge >= 0.3 is 11.7 Å². The number of H-pyrrole nitrogens is 1. The molecule has 9 nitrogen and oxygen atoms in total. The van der Waals surface area contributed by atoms with Gasteiger partial charge in [0.25, 0.3) is 10.0 Å². The third-order valence-corrected chi connectivity index (χ3v) is 7.24. The Morgan fingerprint density at radius 1 is 1.25 bits per heavy atom. The first kappa shape index (κ1) is 23.9. The van der Waals surface area contributed by atoms with E-state index in [4.69, 9.17) is 16.3 Å². The molecule has 1 aromatic heterocycles. The molecule has 0 fully saturated rings. The number of ether oxygens (including phenoxy) is 1. The summed E-state index contributed by atoms with van der Waals surface area (Å²) >= 11 is 7.15. The molecule has 0 saturated heterocycles. The first-order chi connectivity index (χ1) is 15.1. The Morgan fingerprint density at radius 3 is 2.59 bits per heavy atom. The predicted molar refractivity (Wildman–Crippen MR) is 123 cm³/mol. The molecule has 3 aromatic rings. The number of hydrogen-bond donors (Lipinski definition) is 2. The van der Waals surface area contributed by atoms with E-state index in [1.54, 1.807) is 26.0 Å². The zero-order valence-corrected chi connectivity index (χ0v) is 19.9. The summed E-state index contributed by atoms with van der Waals surface area (Å²) in [5.41, 5.74) is 1.42. The van der Waals surface area contributed by atoms with Crippen LogP contribution in [0.15, 0.2) is 51.0 Å². The number of esters is 1. The minimum Gasteiger partial charge on any atom is -0.465 e. The second kappa shape index (κ2) is 9.80. The molecule has 12 heteroatoms. The fourth-order valence-corrected chi connectivity index (χ4v) is 5.32. The van der Waals surface area contributed by atoms with Crippen molar-refractivity contribution in [2.45, 2.75) is 30.6 Å². The largest absolute Gasteiger partial charge is 0.465 e. The highest BCUT2D eigenvalue weighted by Gasteiger charge is 2.23. The van der Waals surface area contributed by atoms with Gasteiger partial charge in [-0.1, -0.05) is 29.3 Å². The number of nitrogens with one attached hydrogen (secondary N) is 2. The number of aromatic amines is 1. The lowest BCUT2D eigenvalue weighted by Crippen LogP contribution is -2.16. The van der Waals surface area contributed by atoms with Crippen LogP contribution in [0.3, 0.4) is 0 Å². The maximum Gasteiger partial charge on any atom is 0.349 e. The van der Waals surface area contributed by atoms with E-state index < -0.39 is 21.7 Å². The maximum absolute atomic E-state index is 13.1. The maximum atomic E-state index is 13.1. The highest BCUT2D eigenvalue weighted by molar-refractivity contribution is 8.01. The molecule has 170 valence electrons. The summed E-state index contributed by atoms with van der Waals surface area (Å²) in [6, 6.07) is 9.88. The minimum atomic E-state index is -4.16. The molecule has 0 aliphatic carbocycles. The van der Waals surface area contributed by atoms with E-state index in [0.29, 0.717) is 16.3 Å². The number of sulfonamides is 1. The van der Waals surface area contributed by atoms with Crippen LogP contribution in [-0.4, -0.2) is 41.5 Å². The number of benzene rings is 2. The summed E-state index contributed by atoms with van der Waals surface area (Å²) in [6.45, 7) is 5.47. The summed E-state index contributed by atoms with van der Waals surface area (Å²) in [4.78, 5) is 26.6. The van der Waals surface area contributed by atoms with Gasteiger partial charge in [0.2, 0.25) is 5.95 Å². The number of anilines is 1. The molecule has 0 aliphatic rings. The molecule has 32 heavy (non-hydrogen) atoms. The van der Waals surface area contributed by atoms with E-state index in [1.165, 1.54) is 12.1 Å². The highest BCUT2D eigenvalue weighted by Crippen LogP contribution is 2.32. The smallest absolute Gasteiger partial charge is 0.349 e. The molecular weight excluding hydrogens is 476 g/mol. The average Bonchev–Trinajstić information content (AvgIpc) is 3.08. The average molecular weight is 497 g/mol. The van der Waals surface area contributed by atoms with Crippen molar-refractivity contribution in [3.05, 3.63) is 63.0 Å². The third kappa shape index (κ3) is 5.53. The van der Waals surface area contributed by atoms with Gasteiger partial charge in [-0.3, -0.25) is 9.78 Å². The zero-order chi connectivity index (χ0) is 23.5. The van der Waals surface area contributed by atoms with Gasteiger partial charge in [0, 0.05) is 9.92 Å². The van der Waals surface area contributed by atoms with Crippen molar-refractivity contribution in [2.24, 2.45) is 0 Å². The molecule has 0 radical (unpaired) electrons. The van der Waals surface area contributed by atoms with Crippen molar-refractivity contribution in [3.63, 3.8) is 0 Å². The normalized spacial score (nSPS) is 11.4. The standard InChI is InChI=1S/C20H21ClN4O5S2/c1-4-30-18(26)11-31-16-10-15(21)13(3)9-17(16)32(28,29)24-19-22-20(27)25(23-19)14-7-5-12(2)6-8-14/h5-10H,4,11H2,1-3H3,(H2,22,23,24,27). The van der Waals surface area contributed by atoms with Crippen LogP contribution in [-0.2, 0) is 19.6 Å². The van der Waals surface area contributed by atoms with Crippen molar-refractivity contribution >= 4 is 45.3 Å². The molecular formula is C20H21ClN4O5S2. The van der Waals surface area contributed by atoms with E-state index in [0.717, 1.165) is 22.0 Å². The van der Waals surface area contributed by atoms with Crippen LogP contribution in [0.4, 0.5) is 5.95 Å².